The molecule has 1 saturated heterocycles. The average Bonchev–Trinajstić information content (AvgIpc) is 3.22. The highest BCUT2D eigenvalue weighted by Crippen LogP contribution is 2.39. The van der Waals surface area contributed by atoms with Gasteiger partial charge in [0.15, 0.2) is 0 Å². The fraction of sp³-hybridized carbons (Fsp3) is 0.481. The summed E-state index contributed by atoms with van der Waals surface area (Å²) < 4.78 is 7.58. The first-order valence-electron chi connectivity index (χ1n) is 12.2. The van der Waals surface area contributed by atoms with Gasteiger partial charge in [-0.1, -0.05) is 30.3 Å². The first-order chi connectivity index (χ1) is 16.1. The lowest BCUT2D eigenvalue weighted by molar-refractivity contribution is 0.175. The molecular formula is C27H34N4O2. The quantitative estimate of drug-likeness (QED) is 0.606. The molecule has 6 nitrogen and oxygen atoms in total. The number of benzene rings is 2. The maximum absolute atomic E-state index is 12.6. The van der Waals surface area contributed by atoms with Crippen LogP contribution < -0.4 is 10.2 Å². The number of ether oxygens (including phenoxy) is 1. The van der Waals surface area contributed by atoms with Crippen molar-refractivity contribution in [1.82, 2.24) is 14.9 Å². The summed E-state index contributed by atoms with van der Waals surface area (Å²) in [7, 11) is 1.45. The van der Waals surface area contributed by atoms with E-state index in [1.54, 1.807) is 4.90 Å². The number of aromatic nitrogens is 2. The summed E-state index contributed by atoms with van der Waals surface area (Å²) in [6.07, 6.45) is 4.78. The number of nitrogens with zero attached hydrogens (tertiary/aromatic N) is 3. The molecule has 1 amide bonds. The number of carbonyl (C=O) groups excluding carboxylic acids is 1. The molecule has 3 aromatic rings. The third-order valence-electron chi connectivity index (χ3n) is 7.53. The van der Waals surface area contributed by atoms with Crippen LogP contribution in [0.25, 0.3) is 11.0 Å². The van der Waals surface area contributed by atoms with Gasteiger partial charge in [-0.2, -0.15) is 0 Å². The van der Waals surface area contributed by atoms with Gasteiger partial charge in [-0.15, -0.1) is 0 Å². The predicted octanol–water partition coefficient (Wildman–Crippen LogP) is 5.10. The number of hydrogen-bond donors (Lipinski definition) is 1. The van der Waals surface area contributed by atoms with Gasteiger partial charge in [0.05, 0.1) is 23.8 Å². The van der Waals surface area contributed by atoms with Crippen molar-refractivity contribution in [3.05, 3.63) is 59.4 Å². The third-order valence-corrected chi connectivity index (χ3v) is 7.53. The third kappa shape index (κ3) is 4.01. The molecule has 2 aliphatic rings. The number of fused-ring (bicyclic) bond motifs is 3. The van der Waals surface area contributed by atoms with Crippen molar-refractivity contribution in [2.75, 3.05) is 25.1 Å². The fourth-order valence-electron chi connectivity index (χ4n) is 5.68. The van der Waals surface area contributed by atoms with Crippen molar-refractivity contribution in [2.24, 2.45) is 5.92 Å². The second-order valence-electron chi connectivity index (χ2n) is 9.57. The zero-order valence-electron chi connectivity index (χ0n) is 19.9. The molecule has 0 spiro atoms. The highest BCUT2D eigenvalue weighted by molar-refractivity contribution is 5.95. The number of imidazole rings is 1. The Kier molecular flexibility index (Phi) is 6.11. The molecule has 33 heavy (non-hydrogen) atoms. The van der Waals surface area contributed by atoms with E-state index in [0.29, 0.717) is 12.0 Å². The smallest absolute Gasteiger partial charge is 0.414 e. The molecule has 5 rings (SSSR count). The van der Waals surface area contributed by atoms with Crippen LogP contribution in [0, 0.1) is 5.92 Å². The van der Waals surface area contributed by atoms with Crippen molar-refractivity contribution in [3.8, 4) is 0 Å². The summed E-state index contributed by atoms with van der Waals surface area (Å²) in [6.45, 7) is 6.58. The standard InChI is InChI=1S/C27H34N4O2/c1-18-11-12-22-23(30(18)27(32)33-3)13-14-24-26(22)29-25(16-20-8-5-4-6-9-20)31(24)19(2)21-10-7-15-28-17-21/h4-6,8-9,13-14,18-19,21,28H,7,10-12,15-17H2,1-3H3/t18-,19+,21-/m0/s1. The second kappa shape index (κ2) is 9.18. The highest BCUT2D eigenvalue weighted by Gasteiger charge is 2.32. The van der Waals surface area contributed by atoms with E-state index < -0.39 is 0 Å². The molecule has 0 unspecified atom stereocenters. The largest absolute Gasteiger partial charge is 0.452 e. The summed E-state index contributed by atoms with van der Waals surface area (Å²) in [4.78, 5) is 19.6. The number of aryl methyl sites for hydroxylation is 1. The van der Waals surface area contributed by atoms with Crippen molar-refractivity contribution in [3.63, 3.8) is 0 Å². The highest BCUT2D eigenvalue weighted by atomic mass is 16.5. The van der Waals surface area contributed by atoms with Crippen LogP contribution in [0.1, 0.15) is 56.1 Å². The van der Waals surface area contributed by atoms with E-state index in [2.05, 4.69) is 66.2 Å². The number of piperidine rings is 1. The fourth-order valence-corrected chi connectivity index (χ4v) is 5.68. The molecule has 0 aliphatic carbocycles. The Morgan fingerprint density at radius 2 is 2.03 bits per heavy atom. The lowest BCUT2D eigenvalue weighted by atomic mass is 9.92. The van der Waals surface area contributed by atoms with Crippen molar-refractivity contribution in [1.29, 1.82) is 0 Å². The van der Waals surface area contributed by atoms with Crippen LogP contribution in [-0.4, -0.2) is 41.9 Å². The minimum Gasteiger partial charge on any atom is -0.452 e. The maximum atomic E-state index is 12.6. The van der Waals surface area contributed by atoms with Gasteiger partial charge < -0.3 is 14.6 Å². The molecule has 2 aliphatic heterocycles. The Morgan fingerprint density at radius 1 is 1.21 bits per heavy atom. The summed E-state index contributed by atoms with van der Waals surface area (Å²) in [5.41, 5.74) is 5.59. The monoisotopic (exact) mass is 446 g/mol. The minimum atomic E-state index is -0.298. The number of hydrogen-bond acceptors (Lipinski definition) is 4. The molecule has 1 fully saturated rings. The Bertz CT molecular complexity index is 1130. The van der Waals surface area contributed by atoms with E-state index >= 15 is 0 Å². The molecule has 3 atom stereocenters. The molecule has 1 N–H and O–H groups in total. The zero-order valence-corrected chi connectivity index (χ0v) is 19.9. The first kappa shape index (κ1) is 22.0. The Hall–Kier alpha value is -2.86. The topological polar surface area (TPSA) is 59.4 Å². The van der Waals surface area contributed by atoms with E-state index in [9.17, 15) is 4.79 Å². The van der Waals surface area contributed by atoms with Gasteiger partial charge in [-0.05, 0) is 76.2 Å². The van der Waals surface area contributed by atoms with E-state index in [4.69, 9.17) is 9.72 Å². The first-order valence-corrected chi connectivity index (χ1v) is 12.2. The minimum absolute atomic E-state index is 0.112. The number of anilines is 1. The van der Waals surface area contributed by atoms with Crippen LogP contribution in [0.3, 0.4) is 0 Å². The zero-order chi connectivity index (χ0) is 22.9. The summed E-state index contributed by atoms with van der Waals surface area (Å²) >= 11 is 0. The molecule has 0 bridgehead atoms. The molecule has 3 heterocycles. The van der Waals surface area contributed by atoms with Gasteiger partial charge in [0.2, 0.25) is 0 Å². The van der Waals surface area contributed by atoms with E-state index in [1.807, 2.05) is 0 Å². The Morgan fingerprint density at radius 3 is 2.76 bits per heavy atom. The molecule has 0 radical (unpaired) electrons. The van der Waals surface area contributed by atoms with Crippen LogP contribution in [-0.2, 0) is 17.6 Å². The van der Waals surface area contributed by atoms with Gasteiger partial charge in [0.1, 0.15) is 5.82 Å². The number of rotatable bonds is 4. The predicted molar refractivity (Wildman–Crippen MR) is 132 cm³/mol. The van der Waals surface area contributed by atoms with E-state index in [0.717, 1.165) is 54.9 Å². The van der Waals surface area contributed by atoms with Crippen molar-refractivity contribution < 1.29 is 9.53 Å². The number of nitrogens with one attached hydrogen (secondary N) is 1. The average molecular weight is 447 g/mol. The van der Waals surface area contributed by atoms with Gasteiger partial charge in [0, 0.05) is 24.1 Å². The maximum Gasteiger partial charge on any atom is 0.414 e. The van der Waals surface area contributed by atoms with Gasteiger partial charge in [-0.3, -0.25) is 4.90 Å². The molecule has 0 saturated carbocycles. The van der Waals surface area contributed by atoms with Crippen LogP contribution >= 0.6 is 0 Å². The van der Waals surface area contributed by atoms with Crippen LogP contribution in [0.15, 0.2) is 42.5 Å². The summed E-state index contributed by atoms with van der Waals surface area (Å²) in [5.74, 6) is 1.68. The molecule has 174 valence electrons. The SMILES string of the molecule is COC(=O)N1c2ccc3c(nc(Cc4ccccc4)n3[C@H](C)[C@H]3CCCNC3)c2CC[C@@H]1C. The number of methoxy groups -OCH3 is 1. The molecular weight excluding hydrogens is 412 g/mol. The molecule has 6 heteroatoms. The Balaban J connectivity index is 1.65. The van der Waals surface area contributed by atoms with Crippen molar-refractivity contribution in [2.45, 2.75) is 58.0 Å². The van der Waals surface area contributed by atoms with Crippen molar-refractivity contribution >= 4 is 22.8 Å². The number of carbonyl (C=O) groups is 1. The summed E-state index contributed by atoms with van der Waals surface area (Å²) in [6, 6.07) is 15.3. The van der Waals surface area contributed by atoms with Crippen LogP contribution in [0.5, 0.6) is 0 Å². The lowest BCUT2D eigenvalue weighted by Gasteiger charge is -2.34. The Labute approximate surface area is 195 Å². The van der Waals surface area contributed by atoms with E-state index in [-0.39, 0.29) is 12.1 Å². The number of amides is 1. The molecule has 1 aromatic heterocycles. The summed E-state index contributed by atoms with van der Waals surface area (Å²) in [5, 5.41) is 3.58. The van der Waals surface area contributed by atoms with E-state index in [1.165, 1.54) is 31.0 Å². The van der Waals surface area contributed by atoms with Gasteiger partial charge in [0.25, 0.3) is 0 Å². The normalized spacial score (nSPS) is 21.6. The van der Waals surface area contributed by atoms with Crippen LogP contribution in [0.2, 0.25) is 0 Å². The van der Waals surface area contributed by atoms with Crippen LogP contribution in [0.4, 0.5) is 10.5 Å². The van der Waals surface area contributed by atoms with Gasteiger partial charge in [-0.25, -0.2) is 9.78 Å². The van der Waals surface area contributed by atoms with Gasteiger partial charge >= 0.3 is 6.09 Å². The second-order valence-corrected chi connectivity index (χ2v) is 9.57. The molecule has 2 aromatic carbocycles. The lowest BCUT2D eigenvalue weighted by Crippen LogP contribution is -2.42.